The summed E-state index contributed by atoms with van der Waals surface area (Å²) in [5, 5.41) is 30.9. The fraction of sp³-hybridized carbons (Fsp3) is 0.594. The summed E-state index contributed by atoms with van der Waals surface area (Å²) in [6, 6.07) is 3.14. The number of hydrogen-bond acceptors (Lipinski definition) is 9. The van der Waals surface area contributed by atoms with Gasteiger partial charge in [-0.1, -0.05) is 32.6 Å². The Balaban J connectivity index is 0.000000500. The van der Waals surface area contributed by atoms with E-state index in [4.69, 9.17) is 19.3 Å². The first-order valence-electron chi connectivity index (χ1n) is 14.7. The lowest BCUT2D eigenvalue weighted by atomic mass is 9.68. The molecule has 1 fully saturated rings. The normalized spacial score (nSPS) is 29.4. The number of rotatable bonds is 3. The Morgan fingerprint density at radius 3 is 2.47 bits per heavy atom. The molecule has 0 aromatic carbocycles. The van der Waals surface area contributed by atoms with E-state index in [9.17, 15) is 29.1 Å². The smallest absolute Gasteiger partial charge is 0.410 e. The molecule has 4 N–H and O–H groups in total. The van der Waals surface area contributed by atoms with Crippen LogP contribution in [0.2, 0.25) is 0 Å². The first-order chi connectivity index (χ1) is 20.9. The average Bonchev–Trinajstić information content (AvgIpc) is 3.67. The van der Waals surface area contributed by atoms with Gasteiger partial charge in [0.05, 0.1) is 26.4 Å². The lowest BCUT2D eigenvalue weighted by Gasteiger charge is -2.42. The topological polar surface area (TPSA) is 168 Å². The number of nitrogens with zero attached hydrogens (tertiary/aromatic N) is 1. The van der Waals surface area contributed by atoms with Gasteiger partial charge in [-0.2, -0.15) is 4.94 Å². The zero-order chi connectivity index (χ0) is 32.4. The highest BCUT2D eigenvalue weighted by Crippen LogP contribution is 2.48. The second-order valence-electron chi connectivity index (χ2n) is 11.2. The molecule has 252 valence electrons. The Kier molecular flexibility index (Phi) is 14.4. The number of aliphatic hydroxyl groups is 2. The third-order valence-corrected chi connectivity index (χ3v) is 8.25. The molecule has 0 bridgehead atoms. The van der Waals surface area contributed by atoms with Crippen molar-refractivity contribution in [3.05, 3.63) is 59.0 Å². The number of halogens is 1. The summed E-state index contributed by atoms with van der Waals surface area (Å²) in [5.74, 6) is -1.96. The van der Waals surface area contributed by atoms with Crippen LogP contribution in [0.4, 0.5) is 9.32 Å². The van der Waals surface area contributed by atoms with E-state index in [0.717, 1.165) is 19.1 Å². The molecule has 2 aliphatic carbocycles. The molecule has 6 atom stereocenters. The standard InChI is InChI=1S/C25H35NO7.C5H5NO2.CH3FO.CH4/c1-15-14-16(2)25(30)19(6-4-18-5-8-20(27)22(18)25)7-9-21(28)33-23(15)17(3)32-24(29)26-10-12-31-13-11-26;7-5(8)4-2-1-3-6-4;1-3-2;/h4,6,14-15,17,19-20,23,27,30H,5,7-13H2,1-3H3;1-3,6H,(H,7,8);1H3;1H4/b16-14+;;;/t15?,17?,19?,20-,23?,25+;;;/m1.../s1. The van der Waals surface area contributed by atoms with Crippen molar-refractivity contribution in [1.82, 2.24) is 9.88 Å². The predicted octanol–water partition coefficient (Wildman–Crippen LogP) is 4.37. The molecule has 4 aliphatic rings. The number of fused-ring (bicyclic) bond motifs is 2. The SMILES string of the molecule is C.C/C1=C\C(C)C(C(C)OC(=O)N2CCOCC2)OC(=O)CCC2C=CC3=C([C@H](O)CC3)[C@]12O.COF.O=C(O)c1ccc[nH]1. The molecule has 2 aliphatic heterocycles. The zero-order valence-electron chi connectivity index (χ0n) is 25.5. The second kappa shape index (κ2) is 17.2. The van der Waals surface area contributed by atoms with E-state index in [-0.39, 0.29) is 31.4 Å². The second-order valence-corrected chi connectivity index (χ2v) is 11.2. The minimum absolute atomic E-state index is 0. The van der Waals surface area contributed by atoms with Crippen molar-refractivity contribution in [2.24, 2.45) is 11.8 Å². The van der Waals surface area contributed by atoms with E-state index in [1.807, 2.05) is 32.1 Å². The van der Waals surface area contributed by atoms with Crippen LogP contribution in [0.25, 0.3) is 0 Å². The fourth-order valence-electron chi connectivity index (χ4n) is 6.08. The molecule has 12 nitrogen and oxygen atoms in total. The number of aliphatic hydroxyl groups excluding tert-OH is 1. The number of ether oxygens (including phenoxy) is 3. The molecule has 1 aromatic heterocycles. The van der Waals surface area contributed by atoms with E-state index in [0.29, 0.717) is 50.3 Å². The van der Waals surface area contributed by atoms with E-state index >= 15 is 0 Å². The summed E-state index contributed by atoms with van der Waals surface area (Å²) >= 11 is 0. The minimum atomic E-state index is -1.34. The Morgan fingerprint density at radius 1 is 1.22 bits per heavy atom. The number of esters is 1. The number of carboxylic acids is 1. The van der Waals surface area contributed by atoms with Crippen LogP contribution in [-0.4, -0.2) is 101 Å². The molecule has 1 aromatic rings. The van der Waals surface area contributed by atoms with Gasteiger partial charge < -0.3 is 39.4 Å². The van der Waals surface area contributed by atoms with Crippen molar-refractivity contribution >= 4 is 18.0 Å². The van der Waals surface area contributed by atoms with Gasteiger partial charge in [0.2, 0.25) is 0 Å². The number of aromatic carboxylic acids is 1. The Morgan fingerprint density at radius 2 is 1.89 bits per heavy atom. The average molecular weight is 639 g/mol. The number of aromatic amines is 1. The summed E-state index contributed by atoms with van der Waals surface area (Å²) in [6.45, 7) is 7.35. The van der Waals surface area contributed by atoms with Gasteiger partial charge in [-0.15, -0.1) is 0 Å². The van der Waals surface area contributed by atoms with Crippen LogP contribution in [0.5, 0.6) is 0 Å². The highest BCUT2D eigenvalue weighted by atomic mass is 19.3. The van der Waals surface area contributed by atoms with E-state index in [2.05, 4.69) is 9.93 Å². The summed E-state index contributed by atoms with van der Waals surface area (Å²) in [5.41, 5.74) is 1.24. The number of amides is 1. The number of carboxylic acid groups (broad SMARTS) is 1. The number of aromatic nitrogens is 1. The maximum atomic E-state index is 12.7. The van der Waals surface area contributed by atoms with Crippen LogP contribution in [-0.2, 0) is 23.9 Å². The number of allylic oxidation sites excluding steroid dienone is 2. The highest BCUT2D eigenvalue weighted by Gasteiger charge is 2.49. The summed E-state index contributed by atoms with van der Waals surface area (Å²) in [4.78, 5) is 42.2. The van der Waals surface area contributed by atoms with Crippen LogP contribution >= 0.6 is 0 Å². The lowest BCUT2D eigenvalue weighted by Crippen LogP contribution is -2.47. The number of nitrogens with one attached hydrogen (secondary N) is 1. The Hall–Kier alpha value is -3.52. The molecule has 1 saturated heterocycles. The maximum absolute atomic E-state index is 12.7. The van der Waals surface area contributed by atoms with Crippen LogP contribution in [0.1, 0.15) is 64.4 Å². The first kappa shape index (κ1) is 37.7. The number of morpholine rings is 1. The molecular formula is C32H47FN2O10. The van der Waals surface area contributed by atoms with Gasteiger partial charge in [-0.05, 0) is 66.5 Å². The van der Waals surface area contributed by atoms with Crippen molar-refractivity contribution in [2.75, 3.05) is 33.4 Å². The summed E-state index contributed by atoms with van der Waals surface area (Å²) in [6.07, 6.45) is 6.71. The number of H-pyrrole nitrogens is 1. The van der Waals surface area contributed by atoms with Crippen molar-refractivity contribution in [1.29, 1.82) is 0 Å². The maximum Gasteiger partial charge on any atom is 0.410 e. The first-order valence-corrected chi connectivity index (χ1v) is 14.7. The summed E-state index contributed by atoms with van der Waals surface area (Å²) < 4.78 is 26.5. The molecule has 1 amide bonds. The Bertz CT molecular complexity index is 1220. The van der Waals surface area contributed by atoms with Gasteiger partial charge in [0.25, 0.3) is 0 Å². The molecule has 45 heavy (non-hydrogen) atoms. The van der Waals surface area contributed by atoms with Crippen molar-refractivity contribution < 1.29 is 53.4 Å². The number of cyclic esters (lactones) is 1. The van der Waals surface area contributed by atoms with Crippen LogP contribution in [0.3, 0.4) is 0 Å². The number of carbonyl (C=O) groups excluding carboxylic acids is 2. The molecule has 5 rings (SSSR count). The van der Waals surface area contributed by atoms with Gasteiger partial charge in [0, 0.05) is 37.5 Å². The van der Waals surface area contributed by atoms with Crippen LogP contribution < -0.4 is 0 Å². The quantitative estimate of drug-likeness (QED) is 0.276. The number of hydrogen-bond donors (Lipinski definition) is 4. The molecule has 0 radical (unpaired) electrons. The molecular weight excluding hydrogens is 591 g/mol. The summed E-state index contributed by atoms with van der Waals surface area (Å²) in [7, 11) is 0.958. The monoisotopic (exact) mass is 638 g/mol. The third kappa shape index (κ3) is 9.25. The van der Waals surface area contributed by atoms with E-state index < -0.39 is 41.9 Å². The van der Waals surface area contributed by atoms with Gasteiger partial charge in [-0.25, -0.2) is 9.59 Å². The van der Waals surface area contributed by atoms with Gasteiger partial charge >= 0.3 is 18.0 Å². The van der Waals surface area contributed by atoms with Gasteiger partial charge in [0.1, 0.15) is 23.5 Å². The minimum Gasteiger partial charge on any atom is -0.477 e. The Labute approximate surface area is 263 Å². The number of carbonyl (C=O) groups is 3. The van der Waals surface area contributed by atoms with Crippen molar-refractivity contribution in [2.45, 2.75) is 77.8 Å². The van der Waals surface area contributed by atoms with Crippen LogP contribution in [0.15, 0.2) is 53.3 Å². The van der Waals surface area contributed by atoms with Crippen molar-refractivity contribution in [3.63, 3.8) is 0 Å². The predicted molar refractivity (Wildman–Crippen MR) is 163 cm³/mol. The molecule has 0 spiro atoms. The van der Waals surface area contributed by atoms with Gasteiger partial charge in [-0.3, -0.25) is 4.79 Å². The molecule has 3 heterocycles. The third-order valence-electron chi connectivity index (χ3n) is 8.25. The van der Waals surface area contributed by atoms with E-state index in [1.165, 1.54) is 6.07 Å². The van der Waals surface area contributed by atoms with E-state index in [1.54, 1.807) is 24.1 Å². The largest absolute Gasteiger partial charge is 0.477 e. The van der Waals surface area contributed by atoms with Crippen LogP contribution in [0, 0.1) is 11.8 Å². The molecule has 13 heteroatoms. The highest BCUT2D eigenvalue weighted by molar-refractivity contribution is 5.85. The zero-order valence-corrected chi connectivity index (χ0v) is 25.5. The molecule has 0 saturated carbocycles. The van der Waals surface area contributed by atoms with Crippen molar-refractivity contribution in [3.8, 4) is 0 Å². The fourth-order valence-corrected chi connectivity index (χ4v) is 6.08. The lowest BCUT2D eigenvalue weighted by molar-refractivity contribution is -0.158. The van der Waals surface area contributed by atoms with Gasteiger partial charge in [0.15, 0.2) is 0 Å². The molecule has 4 unspecified atom stereocenters.